The minimum atomic E-state index is -0.312. The Morgan fingerprint density at radius 2 is 1.69 bits per heavy atom. The lowest BCUT2D eigenvalue weighted by Crippen LogP contribution is -2.20. The third-order valence-electron chi connectivity index (χ3n) is 3.86. The van der Waals surface area contributed by atoms with Crippen LogP contribution in [0.5, 0.6) is 11.5 Å². The molecule has 1 amide bonds. The molecule has 148 valence electrons. The highest BCUT2D eigenvalue weighted by Crippen LogP contribution is 2.34. The van der Waals surface area contributed by atoms with E-state index in [-0.39, 0.29) is 18.3 Å². The van der Waals surface area contributed by atoms with Crippen LogP contribution in [0.2, 0.25) is 10.0 Å². The van der Waals surface area contributed by atoms with Gasteiger partial charge in [-0.15, -0.1) is 0 Å². The predicted molar refractivity (Wildman–Crippen MR) is 117 cm³/mol. The van der Waals surface area contributed by atoms with E-state index in [2.05, 4.69) is 10.3 Å². The Bertz CT molecular complexity index is 983. The highest BCUT2D eigenvalue weighted by atomic mass is 35.5. The Morgan fingerprint density at radius 3 is 2.31 bits per heavy atom. The van der Waals surface area contributed by atoms with Crippen LogP contribution >= 0.6 is 23.2 Å². The van der Waals surface area contributed by atoms with Gasteiger partial charge in [0.25, 0.3) is 5.91 Å². The van der Waals surface area contributed by atoms with Crippen molar-refractivity contribution in [1.29, 1.82) is 0 Å². The summed E-state index contributed by atoms with van der Waals surface area (Å²) in [5, 5.41) is 3.31. The molecule has 0 spiro atoms. The van der Waals surface area contributed by atoms with Crippen LogP contribution in [0.4, 0.5) is 11.4 Å². The van der Waals surface area contributed by atoms with Gasteiger partial charge in [-0.2, -0.15) is 0 Å². The third kappa shape index (κ3) is 5.98. The second-order valence-electron chi connectivity index (χ2n) is 5.97. The molecule has 0 radical (unpaired) electrons. The number of aliphatic imine (C=N–C) groups is 1. The summed E-state index contributed by atoms with van der Waals surface area (Å²) in [6.45, 7) is -0.215. The topological polar surface area (TPSA) is 59.9 Å². The SMILES string of the molecule is COc1ccc(N=Cc2cc(Cl)c(OCC(=O)Nc3ccccc3)c(Cl)c2)cc1. The summed E-state index contributed by atoms with van der Waals surface area (Å²) in [4.78, 5) is 16.4. The van der Waals surface area contributed by atoms with Crippen LogP contribution in [-0.4, -0.2) is 25.8 Å². The number of rotatable bonds is 7. The lowest BCUT2D eigenvalue weighted by atomic mass is 10.2. The lowest BCUT2D eigenvalue weighted by Gasteiger charge is -2.11. The predicted octanol–water partition coefficient (Wildman–Crippen LogP) is 5.77. The van der Waals surface area contributed by atoms with E-state index in [1.165, 1.54) is 0 Å². The lowest BCUT2D eigenvalue weighted by molar-refractivity contribution is -0.118. The molecule has 3 aromatic carbocycles. The summed E-state index contributed by atoms with van der Waals surface area (Å²) >= 11 is 12.6. The largest absolute Gasteiger partial charge is 0.497 e. The van der Waals surface area contributed by atoms with Crippen molar-refractivity contribution in [2.45, 2.75) is 0 Å². The Hall–Kier alpha value is -3.02. The van der Waals surface area contributed by atoms with Crippen molar-refractivity contribution in [3.05, 3.63) is 82.3 Å². The zero-order valence-corrected chi connectivity index (χ0v) is 17.1. The molecule has 0 fully saturated rings. The van der Waals surface area contributed by atoms with Crippen molar-refractivity contribution in [2.75, 3.05) is 19.0 Å². The normalized spacial score (nSPS) is 10.7. The first-order chi connectivity index (χ1) is 14.0. The smallest absolute Gasteiger partial charge is 0.262 e. The number of nitrogens with one attached hydrogen (secondary N) is 1. The summed E-state index contributed by atoms with van der Waals surface area (Å²) in [7, 11) is 1.61. The fraction of sp³-hybridized carbons (Fsp3) is 0.0909. The van der Waals surface area contributed by atoms with Crippen molar-refractivity contribution in [3.8, 4) is 11.5 Å². The molecule has 0 saturated heterocycles. The summed E-state index contributed by atoms with van der Waals surface area (Å²) in [6, 6.07) is 19.8. The molecule has 29 heavy (non-hydrogen) atoms. The fourth-order valence-electron chi connectivity index (χ4n) is 2.47. The molecule has 0 aliphatic heterocycles. The molecule has 0 saturated carbocycles. The molecule has 3 rings (SSSR count). The number of hydrogen-bond donors (Lipinski definition) is 1. The molecule has 3 aromatic rings. The van der Waals surface area contributed by atoms with Crippen LogP contribution in [0.1, 0.15) is 5.56 Å². The standard InChI is InChI=1S/C22H18Cl2N2O3/c1-28-18-9-7-16(8-10-18)25-13-15-11-19(23)22(20(24)12-15)29-14-21(27)26-17-5-3-2-4-6-17/h2-13H,14H2,1H3,(H,26,27). The van der Waals surface area contributed by atoms with Gasteiger partial charge in [-0.05, 0) is 54.1 Å². The third-order valence-corrected chi connectivity index (χ3v) is 4.42. The number of benzene rings is 3. The number of anilines is 1. The average Bonchev–Trinajstić information content (AvgIpc) is 2.72. The zero-order chi connectivity index (χ0) is 20.6. The van der Waals surface area contributed by atoms with Crippen molar-refractivity contribution >= 4 is 46.7 Å². The van der Waals surface area contributed by atoms with Gasteiger partial charge in [0, 0.05) is 11.9 Å². The molecule has 0 atom stereocenters. The minimum absolute atomic E-state index is 0.215. The first-order valence-electron chi connectivity index (χ1n) is 8.70. The van der Waals surface area contributed by atoms with E-state index in [0.717, 1.165) is 11.4 Å². The highest BCUT2D eigenvalue weighted by molar-refractivity contribution is 6.37. The van der Waals surface area contributed by atoms with Crippen LogP contribution in [-0.2, 0) is 4.79 Å². The molecule has 0 bridgehead atoms. The van der Waals surface area contributed by atoms with Gasteiger partial charge in [0.1, 0.15) is 5.75 Å². The van der Waals surface area contributed by atoms with E-state index in [1.807, 2.05) is 42.5 Å². The molecular formula is C22H18Cl2N2O3. The van der Waals surface area contributed by atoms with Gasteiger partial charge >= 0.3 is 0 Å². The molecule has 0 aliphatic rings. The number of methoxy groups -OCH3 is 1. The quantitative estimate of drug-likeness (QED) is 0.485. The Kier molecular flexibility index (Phi) is 7.11. The van der Waals surface area contributed by atoms with Gasteiger partial charge in [0.05, 0.1) is 22.8 Å². The van der Waals surface area contributed by atoms with Gasteiger partial charge in [0.15, 0.2) is 12.4 Å². The molecule has 1 N–H and O–H groups in total. The number of ether oxygens (including phenoxy) is 2. The van der Waals surface area contributed by atoms with Crippen LogP contribution in [0, 0.1) is 0 Å². The fourth-order valence-corrected chi connectivity index (χ4v) is 3.08. The molecule has 7 heteroatoms. The van der Waals surface area contributed by atoms with Crippen LogP contribution in [0.3, 0.4) is 0 Å². The number of amides is 1. The van der Waals surface area contributed by atoms with E-state index in [1.54, 1.807) is 37.6 Å². The maximum Gasteiger partial charge on any atom is 0.262 e. The van der Waals surface area contributed by atoms with Crippen molar-refractivity contribution in [2.24, 2.45) is 4.99 Å². The number of halogens is 2. The number of carbonyl (C=O) groups excluding carboxylic acids is 1. The monoisotopic (exact) mass is 428 g/mol. The second kappa shape index (κ2) is 9.96. The summed E-state index contributed by atoms with van der Waals surface area (Å²) in [5.41, 5.74) is 2.15. The number of nitrogens with zero attached hydrogens (tertiary/aromatic N) is 1. The van der Waals surface area contributed by atoms with Crippen LogP contribution in [0.25, 0.3) is 0 Å². The van der Waals surface area contributed by atoms with Gasteiger partial charge in [-0.25, -0.2) is 0 Å². The highest BCUT2D eigenvalue weighted by Gasteiger charge is 2.12. The van der Waals surface area contributed by atoms with Gasteiger partial charge < -0.3 is 14.8 Å². The van der Waals surface area contributed by atoms with E-state index >= 15 is 0 Å². The van der Waals surface area contributed by atoms with E-state index < -0.39 is 0 Å². The van der Waals surface area contributed by atoms with Crippen molar-refractivity contribution in [3.63, 3.8) is 0 Å². The Balaban J connectivity index is 1.63. The van der Waals surface area contributed by atoms with E-state index in [0.29, 0.717) is 21.3 Å². The number of hydrogen-bond acceptors (Lipinski definition) is 4. The molecule has 0 heterocycles. The van der Waals surface area contributed by atoms with Gasteiger partial charge in [-0.1, -0.05) is 41.4 Å². The Morgan fingerprint density at radius 1 is 1.03 bits per heavy atom. The Labute approximate surface area is 178 Å². The van der Waals surface area contributed by atoms with Crippen LogP contribution < -0.4 is 14.8 Å². The molecule has 5 nitrogen and oxygen atoms in total. The first kappa shape index (κ1) is 20.7. The van der Waals surface area contributed by atoms with E-state index in [9.17, 15) is 4.79 Å². The molecule has 0 aliphatic carbocycles. The molecular weight excluding hydrogens is 411 g/mol. The summed E-state index contributed by atoms with van der Waals surface area (Å²) in [5.74, 6) is 0.694. The maximum absolute atomic E-state index is 12.0. The second-order valence-corrected chi connectivity index (χ2v) is 6.79. The average molecular weight is 429 g/mol. The molecule has 0 aromatic heterocycles. The maximum atomic E-state index is 12.0. The van der Waals surface area contributed by atoms with Gasteiger partial charge in [0.2, 0.25) is 0 Å². The van der Waals surface area contributed by atoms with Crippen molar-refractivity contribution in [1.82, 2.24) is 0 Å². The summed E-state index contributed by atoms with van der Waals surface area (Å²) in [6.07, 6.45) is 1.64. The first-order valence-corrected chi connectivity index (χ1v) is 9.45. The van der Waals surface area contributed by atoms with Crippen molar-refractivity contribution < 1.29 is 14.3 Å². The summed E-state index contributed by atoms with van der Waals surface area (Å²) < 4.78 is 10.6. The number of carbonyl (C=O) groups is 1. The van der Waals surface area contributed by atoms with E-state index in [4.69, 9.17) is 32.7 Å². The zero-order valence-electron chi connectivity index (χ0n) is 15.6. The number of para-hydroxylation sites is 1. The van der Waals surface area contributed by atoms with Gasteiger partial charge in [-0.3, -0.25) is 9.79 Å². The minimum Gasteiger partial charge on any atom is -0.497 e. The molecule has 0 unspecified atom stereocenters. The van der Waals surface area contributed by atoms with Crippen LogP contribution in [0.15, 0.2) is 71.7 Å².